The lowest BCUT2D eigenvalue weighted by Gasteiger charge is -2.21. The minimum Gasteiger partial charge on any atom is -0.478 e. The second kappa shape index (κ2) is 9.06. The number of alkyl halides is 3. The molecule has 1 heterocycles. The smallest absolute Gasteiger partial charge is 0.416 e. The minimum absolute atomic E-state index is 0.480. The first-order chi connectivity index (χ1) is 16.0. The van der Waals surface area contributed by atoms with E-state index in [9.17, 15) is 23.1 Å². The first kappa shape index (κ1) is 23.7. The van der Waals surface area contributed by atoms with E-state index in [0.717, 1.165) is 33.5 Å². The molecule has 1 N–H and O–H groups in total. The van der Waals surface area contributed by atoms with Gasteiger partial charge < -0.3 is 9.84 Å². The average Bonchev–Trinajstić information content (AvgIpc) is 3.21. The molecule has 4 rings (SSSR count). The fourth-order valence-corrected chi connectivity index (χ4v) is 4.05. The van der Waals surface area contributed by atoms with Gasteiger partial charge in [-0.05, 0) is 80.1 Å². The molecular weight excluding hydrogens is 465 g/mol. The van der Waals surface area contributed by atoms with Crippen molar-refractivity contribution in [3.05, 3.63) is 84.1 Å². The number of hydrogen-bond acceptors (Lipinski definition) is 4. The summed E-state index contributed by atoms with van der Waals surface area (Å²) in [7, 11) is 0. The van der Waals surface area contributed by atoms with Crippen LogP contribution >= 0.6 is 11.8 Å². The van der Waals surface area contributed by atoms with Crippen LogP contribution in [-0.2, 0) is 16.7 Å². The van der Waals surface area contributed by atoms with E-state index >= 15 is 0 Å². The summed E-state index contributed by atoms with van der Waals surface area (Å²) in [6.45, 7) is 2.99. The second-order valence-corrected chi connectivity index (χ2v) is 9.24. The lowest BCUT2D eigenvalue weighted by Crippen LogP contribution is -2.37. The van der Waals surface area contributed by atoms with E-state index in [1.54, 1.807) is 34.8 Å². The zero-order chi connectivity index (χ0) is 24.5. The van der Waals surface area contributed by atoms with Gasteiger partial charge in [-0.2, -0.15) is 18.3 Å². The molecule has 4 aromatic rings. The summed E-state index contributed by atoms with van der Waals surface area (Å²) < 4.78 is 45.5. The lowest BCUT2D eigenvalue weighted by atomic mass is 10.1. The summed E-state index contributed by atoms with van der Waals surface area (Å²) in [6, 6.07) is 18.0. The van der Waals surface area contributed by atoms with Gasteiger partial charge in [0.25, 0.3) is 0 Å². The number of thioether (sulfide) groups is 1. The molecule has 34 heavy (non-hydrogen) atoms. The number of hydrogen-bond donors (Lipinski definition) is 1. The quantitative estimate of drug-likeness (QED) is 0.299. The van der Waals surface area contributed by atoms with Gasteiger partial charge in [0, 0.05) is 22.2 Å². The number of benzene rings is 3. The number of ether oxygens (including phenoxy) is 1. The van der Waals surface area contributed by atoms with Crippen molar-refractivity contribution < 1.29 is 27.8 Å². The van der Waals surface area contributed by atoms with Gasteiger partial charge in [0.2, 0.25) is 0 Å². The standard InChI is InChI=1S/C25H21F3N2O3S/c1-24(2,23(31)32)33-20-8-10-21(11-9-20)34-15-16-3-12-22-17(13-16)14-30(29-22)19-6-4-18(5-7-19)25(26,27)28/h3-14H,15H2,1-2H3,(H,31,32). The summed E-state index contributed by atoms with van der Waals surface area (Å²) in [5.74, 6) is 0.138. The molecule has 0 atom stereocenters. The Morgan fingerprint density at radius 3 is 2.32 bits per heavy atom. The third-order valence-corrected chi connectivity index (χ3v) is 6.23. The fraction of sp³-hybridized carbons (Fsp3) is 0.200. The Balaban J connectivity index is 1.43. The SMILES string of the molecule is CC(C)(Oc1ccc(SCc2ccc3nn(-c4ccc(C(F)(F)F)cc4)cc3c2)cc1)C(=O)O. The number of rotatable bonds is 7. The van der Waals surface area contributed by atoms with Crippen molar-refractivity contribution in [1.29, 1.82) is 0 Å². The number of halogens is 3. The lowest BCUT2D eigenvalue weighted by molar-refractivity contribution is -0.152. The maximum atomic E-state index is 12.8. The van der Waals surface area contributed by atoms with Crippen LogP contribution in [0.1, 0.15) is 25.0 Å². The van der Waals surface area contributed by atoms with Gasteiger partial charge in [-0.3, -0.25) is 0 Å². The van der Waals surface area contributed by atoms with Crippen LogP contribution in [-0.4, -0.2) is 26.5 Å². The molecule has 0 bridgehead atoms. The van der Waals surface area contributed by atoms with Crippen LogP contribution < -0.4 is 4.74 Å². The third kappa shape index (κ3) is 5.36. The number of carboxylic acids is 1. The normalized spacial score (nSPS) is 12.1. The van der Waals surface area contributed by atoms with Gasteiger partial charge in [0.05, 0.1) is 16.8 Å². The van der Waals surface area contributed by atoms with E-state index in [4.69, 9.17) is 4.74 Å². The first-order valence-corrected chi connectivity index (χ1v) is 11.3. The monoisotopic (exact) mass is 486 g/mol. The molecule has 5 nitrogen and oxygen atoms in total. The topological polar surface area (TPSA) is 64.4 Å². The fourth-order valence-electron chi connectivity index (χ4n) is 3.21. The molecule has 0 aliphatic rings. The molecule has 0 aliphatic carbocycles. The molecule has 0 amide bonds. The summed E-state index contributed by atoms with van der Waals surface area (Å²) in [5.41, 5.74) is 0.355. The number of aliphatic carboxylic acids is 1. The highest BCUT2D eigenvalue weighted by molar-refractivity contribution is 7.98. The molecule has 0 spiro atoms. The molecule has 0 fully saturated rings. The van der Waals surface area contributed by atoms with Gasteiger partial charge in [-0.1, -0.05) is 6.07 Å². The molecule has 176 valence electrons. The zero-order valence-corrected chi connectivity index (χ0v) is 19.2. The molecule has 0 unspecified atom stereocenters. The molecule has 0 radical (unpaired) electrons. The Bertz CT molecular complexity index is 1310. The third-order valence-electron chi connectivity index (χ3n) is 5.15. The van der Waals surface area contributed by atoms with Crippen molar-refractivity contribution in [2.45, 2.75) is 36.3 Å². The van der Waals surface area contributed by atoms with Crippen molar-refractivity contribution in [2.24, 2.45) is 0 Å². The highest BCUT2D eigenvalue weighted by atomic mass is 32.2. The van der Waals surface area contributed by atoms with E-state index < -0.39 is 23.3 Å². The van der Waals surface area contributed by atoms with Crippen LogP contribution in [0.25, 0.3) is 16.6 Å². The molecule has 0 saturated heterocycles. The van der Waals surface area contributed by atoms with Gasteiger partial charge in [0.1, 0.15) is 5.75 Å². The van der Waals surface area contributed by atoms with Gasteiger partial charge >= 0.3 is 12.1 Å². The zero-order valence-electron chi connectivity index (χ0n) is 18.3. The summed E-state index contributed by atoms with van der Waals surface area (Å²) >= 11 is 1.62. The second-order valence-electron chi connectivity index (χ2n) is 8.19. The molecule has 0 saturated carbocycles. The average molecular weight is 487 g/mol. The highest BCUT2D eigenvalue weighted by Crippen LogP contribution is 2.30. The van der Waals surface area contributed by atoms with Crippen molar-refractivity contribution >= 4 is 28.6 Å². The molecule has 1 aromatic heterocycles. The summed E-state index contributed by atoms with van der Waals surface area (Å²) in [5, 5.41) is 14.5. The van der Waals surface area contributed by atoms with Crippen LogP contribution in [0.15, 0.2) is 77.8 Å². The van der Waals surface area contributed by atoms with E-state index in [1.165, 1.54) is 26.0 Å². The maximum absolute atomic E-state index is 12.8. The van der Waals surface area contributed by atoms with Crippen LogP contribution in [0.2, 0.25) is 0 Å². The Labute approximate surface area is 198 Å². The van der Waals surface area contributed by atoms with Crippen molar-refractivity contribution in [3.8, 4) is 11.4 Å². The van der Waals surface area contributed by atoms with Crippen LogP contribution in [0, 0.1) is 0 Å². The van der Waals surface area contributed by atoms with Gasteiger partial charge in [-0.25, -0.2) is 9.48 Å². The van der Waals surface area contributed by atoms with E-state index in [2.05, 4.69) is 5.10 Å². The largest absolute Gasteiger partial charge is 0.478 e. The van der Waals surface area contributed by atoms with Gasteiger partial charge in [0.15, 0.2) is 5.60 Å². The summed E-state index contributed by atoms with van der Waals surface area (Å²) in [6.07, 6.45) is -2.58. The molecule has 9 heteroatoms. The predicted molar refractivity (Wildman–Crippen MR) is 124 cm³/mol. The number of fused-ring (bicyclic) bond motifs is 1. The van der Waals surface area contributed by atoms with Crippen LogP contribution in [0.3, 0.4) is 0 Å². The van der Waals surface area contributed by atoms with Crippen molar-refractivity contribution in [3.63, 3.8) is 0 Å². The van der Waals surface area contributed by atoms with Crippen LogP contribution in [0.5, 0.6) is 5.75 Å². The predicted octanol–water partition coefficient (Wildman–Crippen LogP) is 6.58. The molecule has 0 aliphatic heterocycles. The number of nitrogens with zero attached hydrogens (tertiary/aromatic N) is 2. The minimum atomic E-state index is -4.37. The molecule has 3 aromatic carbocycles. The first-order valence-electron chi connectivity index (χ1n) is 10.3. The van der Waals surface area contributed by atoms with Crippen LogP contribution in [0.4, 0.5) is 13.2 Å². The van der Waals surface area contributed by atoms with E-state index in [1.807, 2.05) is 30.3 Å². The highest BCUT2D eigenvalue weighted by Gasteiger charge is 2.30. The van der Waals surface area contributed by atoms with E-state index in [-0.39, 0.29) is 0 Å². The maximum Gasteiger partial charge on any atom is 0.416 e. The Morgan fingerprint density at radius 2 is 1.71 bits per heavy atom. The number of carboxylic acid groups (broad SMARTS) is 1. The number of carbonyl (C=O) groups is 1. The van der Waals surface area contributed by atoms with Gasteiger partial charge in [-0.15, -0.1) is 11.8 Å². The van der Waals surface area contributed by atoms with E-state index in [0.29, 0.717) is 17.2 Å². The Morgan fingerprint density at radius 1 is 1.03 bits per heavy atom. The van der Waals surface area contributed by atoms with Crippen molar-refractivity contribution in [2.75, 3.05) is 0 Å². The van der Waals surface area contributed by atoms with Crippen molar-refractivity contribution in [1.82, 2.24) is 9.78 Å². The Hall–Kier alpha value is -3.46. The molecular formula is C25H21F3N2O3S. The Kier molecular flexibility index (Phi) is 6.31. The summed E-state index contributed by atoms with van der Waals surface area (Å²) in [4.78, 5) is 12.2. The number of aromatic nitrogens is 2.